The summed E-state index contributed by atoms with van der Waals surface area (Å²) in [6.07, 6.45) is 0. The first-order chi connectivity index (χ1) is 12.6. The molecule has 1 unspecified atom stereocenters. The van der Waals surface area contributed by atoms with Gasteiger partial charge in [0.15, 0.2) is 5.78 Å². The van der Waals surface area contributed by atoms with E-state index >= 15 is 0 Å². The molecule has 0 bridgehead atoms. The summed E-state index contributed by atoms with van der Waals surface area (Å²) in [5, 5.41) is 8.82. The number of ether oxygens (including phenoxy) is 1. The van der Waals surface area contributed by atoms with Crippen LogP contribution >= 0.6 is 7.60 Å². The molecule has 1 aromatic rings. The number of carbonyl (C=O) groups is 3. The molecule has 0 radical (unpaired) electrons. The molecule has 1 N–H and O–H groups in total. The molecule has 0 spiro atoms. The number of esters is 1. The Kier molecular flexibility index (Phi) is 8.20. The quantitative estimate of drug-likeness (QED) is 0.272. The van der Waals surface area contributed by atoms with E-state index in [9.17, 15) is 27.7 Å². The second kappa shape index (κ2) is 9.68. The van der Waals surface area contributed by atoms with Crippen LogP contribution in [-0.4, -0.2) is 48.3 Å². The summed E-state index contributed by atoms with van der Waals surface area (Å²) < 4.78 is 56.0. The molecule has 0 fully saturated rings. The maximum atomic E-state index is 14.2. The summed E-state index contributed by atoms with van der Waals surface area (Å²) in [4.78, 5) is 35.8. The van der Waals surface area contributed by atoms with Crippen LogP contribution in [0, 0.1) is 11.6 Å². The highest BCUT2D eigenvalue weighted by Crippen LogP contribution is 2.54. The zero-order valence-corrected chi connectivity index (χ0v) is 15.8. The van der Waals surface area contributed by atoms with Crippen molar-refractivity contribution in [3.8, 4) is 0 Å². The minimum absolute atomic E-state index is 0.205. The second-order valence-corrected chi connectivity index (χ2v) is 7.13. The molecule has 1 aromatic carbocycles. The highest BCUT2D eigenvalue weighted by Gasteiger charge is 2.49. The first-order valence-corrected chi connectivity index (χ1v) is 9.56. The van der Waals surface area contributed by atoms with Crippen molar-refractivity contribution in [2.45, 2.75) is 26.4 Å². The molecule has 0 saturated heterocycles. The predicted octanol–water partition coefficient (Wildman–Crippen LogP) is 3.04. The Hall–Kier alpha value is -2.16. The number of carboxylic acids is 1. The lowest BCUT2D eigenvalue weighted by Gasteiger charge is -2.24. The van der Waals surface area contributed by atoms with Crippen LogP contribution in [0.5, 0.6) is 0 Å². The van der Waals surface area contributed by atoms with Gasteiger partial charge in [0.2, 0.25) is 5.66 Å². The van der Waals surface area contributed by atoms with Gasteiger partial charge in [0, 0.05) is 0 Å². The van der Waals surface area contributed by atoms with Gasteiger partial charge in [0.1, 0.15) is 11.6 Å². The fourth-order valence-corrected chi connectivity index (χ4v) is 4.06. The second-order valence-electron chi connectivity index (χ2n) is 5.01. The third-order valence-electron chi connectivity index (χ3n) is 3.23. The number of hydrogen-bond donors (Lipinski definition) is 1. The van der Waals surface area contributed by atoms with E-state index in [1.54, 1.807) is 0 Å². The molecule has 0 aromatic heterocycles. The number of aromatic carboxylic acids is 1. The van der Waals surface area contributed by atoms with Crippen LogP contribution in [0.25, 0.3) is 0 Å². The summed E-state index contributed by atoms with van der Waals surface area (Å²) in [6, 6.07) is 0.820. The van der Waals surface area contributed by atoms with E-state index in [0.717, 1.165) is 0 Å². The standard InChI is InChI=1S/C16H19F2O8P/c1-4-24-16(22)14(27(23,25-5-2)26-6-3)13(19)12-10(17)7-9(15(20)21)8-11(12)18/h7-8,14H,4-6H2,1-3H3,(H,20,21). The number of halogens is 2. The van der Waals surface area contributed by atoms with E-state index in [4.69, 9.17) is 18.9 Å². The summed E-state index contributed by atoms with van der Waals surface area (Å²) in [7, 11) is -4.48. The van der Waals surface area contributed by atoms with E-state index in [1.807, 2.05) is 0 Å². The molecule has 0 aliphatic rings. The van der Waals surface area contributed by atoms with Crippen molar-refractivity contribution >= 4 is 25.3 Å². The topological polar surface area (TPSA) is 116 Å². The van der Waals surface area contributed by atoms with Crippen molar-refractivity contribution in [2.75, 3.05) is 19.8 Å². The Morgan fingerprint density at radius 2 is 1.52 bits per heavy atom. The van der Waals surface area contributed by atoms with Gasteiger partial charge in [-0.3, -0.25) is 14.2 Å². The van der Waals surface area contributed by atoms with Crippen LogP contribution in [0.15, 0.2) is 12.1 Å². The minimum Gasteiger partial charge on any atom is -0.478 e. The Bertz CT molecular complexity index is 747. The summed E-state index contributed by atoms with van der Waals surface area (Å²) in [5.41, 5.74) is -4.25. The van der Waals surface area contributed by atoms with Gasteiger partial charge in [0.25, 0.3) is 0 Å². The first kappa shape index (κ1) is 22.9. The molecular weight excluding hydrogens is 389 g/mol. The maximum Gasteiger partial charge on any atom is 0.352 e. The number of Topliss-reactive ketones (excluding diaryl/α,β-unsaturated/α-hetero) is 1. The molecule has 0 aliphatic heterocycles. The van der Waals surface area contributed by atoms with E-state index in [-0.39, 0.29) is 19.8 Å². The molecule has 8 nitrogen and oxygen atoms in total. The van der Waals surface area contributed by atoms with Crippen molar-refractivity contribution < 1.29 is 46.6 Å². The smallest absolute Gasteiger partial charge is 0.352 e. The van der Waals surface area contributed by atoms with E-state index in [2.05, 4.69) is 0 Å². The number of rotatable bonds is 10. The molecule has 1 atom stereocenters. The number of hydrogen-bond acceptors (Lipinski definition) is 7. The van der Waals surface area contributed by atoms with E-state index < -0.39 is 53.7 Å². The van der Waals surface area contributed by atoms with Crippen molar-refractivity contribution in [2.24, 2.45) is 0 Å². The van der Waals surface area contributed by atoms with Crippen molar-refractivity contribution in [1.29, 1.82) is 0 Å². The number of carboxylic acid groups (broad SMARTS) is 1. The van der Waals surface area contributed by atoms with E-state index in [0.29, 0.717) is 12.1 Å². The van der Waals surface area contributed by atoms with Crippen molar-refractivity contribution in [1.82, 2.24) is 0 Å². The van der Waals surface area contributed by atoms with Gasteiger partial charge in [0.05, 0.1) is 30.9 Å². The van der Waals surface area contributed by atoms with Gasteiger partial charge in [-0.05, 0) is 32.9 Å². The van der Waals surface area contributed by atoms with Crippen molar-refractivity contribution in [3.05, 3.63) is 34.9 Å². The van der Waals surface area contributed by atoms with Crippen LogP contribution < -0.4 is 0 Å². The van der Waals surface area contributed by atoms with Gasteiger partial charge in [-0.1, -0.05) is 0 Å². The molecular formula is C16H19F2O8P. The normalized spacial score (nSPS) is 12.5. The number of benzene rings is 1. The Balaban J connectivity index is 3.55. The average Bonchev–Trinajstić information content (AvgIpc) is 2.54. The maximum absolute atomic E-state index is 14.2. The van der Waals surface area contributed by atoms with Crippen LogP contribution in [0.2, 0.25) is 0 Å². The van der Waals surface area contributed by atoms with Gasteiger partial charge in [-0.2, -0.15) is 0 Å². The summed E-state index contributed by atoms with van der Waals surface area (Å²) in [5.74, 6) is -7.57. The lowest BCUT2D eigenvalue weighted by molar-refractivity contribution is -0.142. The zero-order chi connectivity index (χ0) is 20.8. The monoisotopic (exact) mass is 408 g/mol. The van der Waals surface area contributed by atoms with Gasteiger partial charge >= 0.3 is 19.5 Å². The molecule has 11 heteroatoms. The summed E-state index contributed by atoms with van der Waals surface area (Å²) >= 11 is 0. The van der Waals surface area contributed by atoms with Crippen LogP contribution in [0.3, 0.4) is 0 Å². The Labute approximate surface area is 153 Å². The van der Waals surface area contributed by atoms with Gasteiger partial charge in [-0.25, -0.2) is 13.6 Å². The predicted molar refractivity (Wildman–Crippen MR) is 88.9 cm³/mol. The van der Waals surface area contributed by atoms with Gasteiger partial charge < -0.3 is 18.9 Å². The summed E-state index contributed by atoms with van der Waals surface area (Å²) in [6.45, 7) is 3.60. The fraction of sp³-hybridized carbons (Fsp3) is 0.438. The van der Waals surface area contributed by atoms with Crippen LogP contribution in [0.4, 0.5) is 8.78 Å². The number of carbonyl (C=O) groups excluding carboxylic acids is 2. The fourth-order valence-electron chi connectivity index (χ4n) is 2.22. The third kappa shape index (κ3) is 5.18. The third-order valence-corrected chi connectivity index (χ3v) is 5.54. The lowest BCUT2D eigenvalue weighted by Crippen LogP contribution is -2.35. The SMILES string of the molecule is CCOC(=O)C(C(=O)c1c(F)cc(C(=O)O)cc1F)P(=O)(OCC)OCC. The Morgan fingerprint density at radius 1 is 1.04 bits per heavy atom. The van der Waals surface area contributed by atoms with Crippen LogP contribution in [0.1, 0.15) is 41.5 Å². The lowest BCUT2D eigenvalue weighted by atomic mass is 10.0. The molecule has 1 rings (SSSR count). The van der Waals surface area contributed by atoms with Crippen molar-refractivity contribution in [3.63, 3.8) is 0 Å². The Morgan fingerprint density at radius 3 is 1.89 bits per heavy atom. The largest absolute Gasteiger partial charge is 0.478 e. The highest BCUT2D eigenvalue weighted by atomic mass is 31.2. The molecule has 27 heavy (non-hydrogen) atoms. The van der Waals surface area contributed by atoms with E-state index in [1.165, 1.54) is 20.8 Å². The molecule has 0 aliphatic carbocycles. The molecule has 0 heterocycles. The van der Waals surface area contributed by atoms with Gasteiger partial charge in [-0.15, -0.1) is 0 Å². The number of ketones is 1. The highest BCUT2D eigenvalue weighted by molar-refractivity contribution is 7.57. The molecule has 150 valence electrons. The zero-order valence-electron chi connectivity index (χ0n) is 14.9. The first-order valence-electron chi connectivity index (χ1n) is 7.94. The van der Waals surface area contributed by atoms with Crippen LogP contribution in [-0.2, 0) is 23.1 Å². The average molecular weight is 408 g/mol. The minimum atomic E-state index is -4.48. The molecule has 0 amide bonds. The molecule has 0 saturated carbocycles.